The van der Waals surface area contributed by atoms with Crippen LogP contribution in [-0.4, -0.2) is 20.9 Å². The Morgan fingerprint density at radius 2 is 1.64 bits per heavy atom. The Hall–Kier alpha value is -3.47. The van der Waals surface area contributed by atoms with Gasteiger partial charge in [-0.2, -0.15) is 0 Å². The number of carbonyl (C=O) groups is 1. The van der Waals surface area contributed by atoms with Crippen molar-refractivity contribution in [3.63, 3.8) is 0 Å². The first-order valence-corrected chi connectivity index (χ1v) is 8.01. The number of fused-ring (bicyclic) bond motifs is 1. The van der Waals surface area contributed by atoms with Crippen LogP contribution < -0.4 is 5.32 Å². The van der Waals surface area contributed by atoms with Gasteiger partial charge in [0.05, 0.1) is 11.4 Å². The third kappa shape index (κ3) is 2.76. The van der Waals surface area contributed by atoms with Crippen molar-refractivity contribution in [2.45, 2.75) is 6.92 Å². The first-order chi connectivity index (χ1) is 12.2. The lowest BCUT2D eigenvalue weighted by atomic mass is 10.1. The quantitative estimate of drug-likeness (QED) is 0.619. The third-order valence-corrected chi connectivity index (χ3v) is 4.15. The number of para-hydroxylation sites is 1. The van der Waals surface area contributed by atoms with E-state index in [1.165, 1.54) is 0 Å². The van der Waals surface area contributed by atoms with Gasteiger partial charge >= 0.3 is 0 Å². The predicted octanol–water partition coefficient (Wildman–Crippen LogP) is 3.98. The van der Waals surface area contributed by atoms with Crippen LogP contribution in [0.4, 0.5) is 5.69 Å². The lowest BCUT2D eigenvalue weighted by Gasteiger charge is -2.08. The molecule has 0 saturated heterocycles. The van der Waals surface area contributed by atoms with Crippen molar-refractivity contribution >= 4 is 22.4 Å². The summed E-state index contributed by atoms with van der Waals surface area (Å²) in [6.45, 7) is 1.84. The normalized spacial score (nSPS) is 10.8. The molecular formula is C20H16N4O. The fourth-order valence-electron chi connectivity index (χ4n) is 2.87. The third-order valence-electron chi connectivity index (χ3n) is 4.15. The van der Waals surface area contributed by atoms with Gasteiger partial charge in [0.1, 0.15) is 0 Å². The van der Waals surface area contributed by atoms with E-state index in [9.17, 15) is 4.79 Å². The van der Waals surface area contributed by atoms with Crippen LogP contribution in [0.25, 0.3) is 16.5 Å². The molecule has 0 radical (unpaired) electrons. The van der Waals surface area contributed by atoms with E-state index in [2.05, 4.69) is 15.6 Å². The Morgan fingerprint density at radius 1 is 0.920 bits per heavy atom. The largest absolute Gasteiger partial charge is 0.320 e. The first-order valence-electron chi connectivity index (χ1n) is 8.01. The summed E-state index contributed by atoms with van der Waals surface area (Å²) in [6.07, 6.45) is 0. The number of benzene rings is 3. The number of rotatable bonds is 3. The minimum absolute atomic E-state index is 0.268. The molecule has 0 unspecified atom stereocenters. The fraction of sp³-hybridized carbons (Fsp3) is 0.0500. The zero-order valence-corrected chi connectivity index (χ0v) is 13.7. The molecule has 1 heterocycles. The molecule has 0 aliphatic rings. The summed E-state index contributed by atoms with van der Waals surface area (Å²) in [6, 6.07) is 23.4. The highest BCUT2D eigenvalue weighted by molar-refractivity contribution is 6.08. The summed E-state index contributed by atoms with van der Waals surface area (Å²) < 4.78 is 1.66. The molecule has 122 valence electrons. The molecule has 4 aromatic rings. The lowest BCUT2D eigenvalue weighted by molar-refractivity contribution is 0.102. The Labute approximate surface area is 144 Å². The number of carbonyl (C=O) groups excluding carboxylic acids is 1. The van der Waals surface area contributed by atoms with Crippen molar-refractivity contribution < 1.29 is 4.79 Å². The highest BCUT2D eigenvalue weighted by Crippen LogP contribution is 2.23. The number of hydrogen-bond donors (Lipinski definition) is 1. The minimum atomic E-state index is -0.268. The number of aromatic nitrogens is 3. The second-order valence-corrected chi connectivity index (χ2v) is 5.75. The molecule has 0 fully saturated rings. The maximum Gasteiger partial charge on any atom is 0.278 e. The molecule has 0 saturated carbocycles. The number of nitrogens with zero attached hydrogens (tertiary/aromatic N) is 3. The fourth-order valence-corrected chi connectivity index (χ4v) is 2.87. The molecule has 0 spiro atoms. The molecule has 0 atom stereocenters. The lowest BCUT2D eigenvalue weighted by Crippen LogP contribution is -2.14. The molecule has 5 nitrogen and oxygen atoms in total. The van der Waals surface area contributed by atoms with Gasteiger partial charge in [-0.3, -0.25) is 4.79 Å². The van der Waals surface area contributed by atoms with Crippen LogP contribution in [0.3, 0.4) is 0 Å². The van der Waals surface area contributed by atoms with Gasteiger partial charge in [-0.1, -0.05) is 59.8 Å². The molecule has 0 aliphatic carbocycles. The smallest absolute Gasteiger partial charge is 0.278 e. The molecule has 3 aromatic carbocycles. The van der Waals surface area contributed by atoms with Gasteiger partial charge in [-0.15, -0.1) is 5.10 Å². The van der Waals surface area contributed by atoms with Gasteiger partial charge in [0, 0.05) is 11.1 Å². The van der Waals surface area contributed by atoms with E-state index in [4.69, 9.17) is 0 Å². The van der Waals surface area contributed by atoms with Crippen LogP contribution in [0.5, 0.6) is 0 Å². The van der Waals surface area contributed by atoms with Crippen molar-refractivity contribution in [3.05, 3.63) is 84.2 Å². The Morgan fingerprint density at radius 3 is 2.48 bits per heavy atom. The summed E-state index contributed by atoms with van der Waals surface area (Å²) in [5.74, 6) is -0.268. The number of hydrogen-bond acceptors (Lipinski definition) is 3. The van der Waals surface area contributed by atoms with Crippen LogP contribution in [0.1, 0.15) is 16.2 Å². The average Bonchev–Trinajstić information content (AvgIpc) is 3.04. The molecule has 1 amide bonds. The molecule has 0 bridgehead atoms. The van der Waals surface area contributed by atoms with Crippen LogP contribution in [0.15, 0.2) is 72.8 Å². The topological polar surface area (TPSA) is 59.8 Å². The standard InChI is InChI=1S/C20H16N4O/c1-14-19(22-23-24(14)16-10-3-2-4-11-16)20(25)21-18-13-7-9-15-8-5-6-12-17(15)18/h2-13H,1H3,(H,21,25). The van der Waals surface area contributed by atoms with Gasteiger partial charge in [0.15, 0.2) is 5.69 Å². The van der Waals surface area contributed by atoms with E-state index in [-0.39, 0.29) is 5.91 Å². The molecular weight excluding hydrogens is 312 g/mol. The summed E-state index contributed by atoms with van der Waals surface area (Å²) in [7, 11) is 0. The second kappa shape index (κ2) is 6.20. The Balaban J connectivity index is 1.67. The van der Waals surface area contributed by atoms with Gasteiger partial charge in [0.2, 0.25) is 0 Å². The molecule has 1 N–H and O–H groups in total. The minimum Gasteiger partial charge on any atom is -0.320 e. The number of amides is 1. The maximum atomic E-state index is 12.7. The zero-order valence-electron chi connectivity index (χ0n) is 13.7. The molecule has 25 heavy (non-hydrogen) atoms. The molecule has 4 rings (SSSR count). The van der Waals surface area contributed by atoms with Gasteiger partial charge in [0.25, 0.3) is 5.91 Å². The van der Waals surface area contributed by atoms with Crippen LogP contribution in [-0.2, 0) is 0 Å². The van der Waals surface area contributed by atoms with Crippen molar-refractivity contribution in [3.8, 4) is 5.69 Å². The summed E-state index contributed by atoms with van der Waals surface area (Å²) in [4.78, 5) is 12.7. The van der Waals surface area contributed by atoms with Gasteiger partial charge in [-0.05, 0) is 30.5 Å². The summed E-state index contributed by atoms with van der Waals surface area (Å²) in [5.41, 5.74) is 2.65. The van der Waals surface area contributed by atoms with Gasteiger partial charge in [-0.25, -0.2) is 4.68 Å². The van der Waals surface area contributed by atoms with E-state index in [0.717, 1.165) is 22.1 Å². The van der Waals surface area contributed by atoms with Crippen molar-refractivity contribution in [1.82, 2.24) is 15.0 Å². The highest BCUT2D eigenvalue weighted by Gasteiger charge is 2.18. The number of anilines is 1. The van der Waals surface area contributed by atoms with Crippen molar-refractivity contribution in [1.29, 1.82) is 0 Å². The molecule has 5 heteroatoms. The van der Waals surface area contributed by atoms with Crippen LogP contribution >= 0.6 is 0 Å². The number of nitrogens with one attached hydrogen (secondary N) is 1. The SMILES string of the molecule is Cc1c(C(=O)Nc2cccc3ccccc23)nnn1-c1ccccc1. The summed E-state index contributed by atoms with van der Waals surface area (Å²) >= 11 is 0. The predicted molar refractivity (Wildman–Crippen MR) is 98.0 cm³/mol. The molecule has 0 aliphatic heterocycles. The Bertz CT molecular complexity index is 1050. The Kier molecular flexibility index (Phi) is 3.74. The second-order valence-electron chi connectivity index (χ2n) is 5.75. The van der Waals surface area contributed by atoms with E-state index in [1.807, 2.05) is 79.7 Å². The van der Waals surface area contributed by atoms with E-state index in [0.29, 0.717) is 11.4 Å². The molecule has 1 aromatic heterocycles. The van der Waals surface area contributed by atoms with E-state index >= 15 is 0 Å². The highest BCUT2D eigenvalue weighted by atomic mass is 16.2. The summed E-state index contributed by atoms with van der Waals surface area (Å²) in [5, 5.41) is 13.2. The average molecular weight is 328 g/mol. The monoisotopic (exact) mass is 328 g/mol. The maximum absolute atomic E-state index is 12.7. The van der Waals surface area contributed by atoms with E-state index < -0.39 is 0 Å². The van der Waals surface area contributed by atoms with Crippen LogP contribution in [0.2, 0.25) is 0 Å². The first kappa shape index (κ1) is 15.1. The van der Waals surface area contributed by atoms with Crippen molar-refractivity contribution in [2.75, 3.05) is 5.32 Å². The van der Waals surface area contributed by atoms with Gasteiger partial charge < -0.3 is 5.32 Å². The van der Waals surface area contributed by atoms with Crippen molar-refractivity contribution in [2.24, 2.45) is 0 Å². The van der Waals surface area contributed by atoms with E-state index in [1.54, 1.807) is 4.68 Å². The zero-order chi connectivity index (χ0) is 17.2. The van der Waals surface area contributed by atoms with Crippen LogP contribution in [0, 0.1) is 6.92 Å².